The number of ether oxygens (including phenoxy) is 1. The van der Waals surface area contributed by atoms with E-state index in [-0.39, 0.29) is 12.3 Å². The lowest BCUT2D eigenvalue weighted by Gasteiger charge is -2.23. The molecule has 5 N–H and O–H groups in total. The molecule has 3 amide bonds. The highest BCUT2D eigenvalue weighted by atomic mass is 16.5. The van der Waals surface area contributed by atoms with Crippen LogP contribution < -0.4 is 21.1 Å². The molecule has 0 aliphatic rings. The maximum Gasteiger partial charge on any atom is 0.268 e. The van der Waals surface area contributed by atoms with Crippen molar-refractivity contribution in [2.24, 2.45) is 18.7 Å². The number of amides is 3. The van der Waals surface area contributed by atoms with Gasteiger partial charge in [0.25, 0.3) is 5.91 Å². The van der Waals surface area contributed by atoms with Gasteiger partial charge in [0, 0.05) is 36.3 Å². The minimum atomic E-state index is -0.934. The fourth-order valence-corrected chi connectivity index (χ4v) is 3.65. The molecule has 176 valence electrons. The van der Waals surface area contributed by atoms with Gasteiger partial charge in [-0.15, -0.1) is 0 Å². The van der Waals surface area contributed by atoms with E-state index in [1.54, 1.807) is 43.4 Å². The van der Waals surface area contributed by atoms with Crippen molar-refractivity contribution in [1.29, 1.82) is 0 Å². The third kappa shape index (κ3) is 5.71. The first-order valence-electron chi connectivity index (χ1n) is 10.7. The van der Waals surface area contributed by atoms with Crippen LogP contribution in [0.3, 0.4) is 0 Å². The number of aromatic amines is 1. The minimum absolute atomic E-state index is 0.118. The highest BCUT2D eigenvalue weighted by molar-refractivity contribution is 6.01. The highest BCUT2D eigenvalue weighted by Crippen LogP contribution is 2.26. The number of fused-ring (bicyclic) bond motifs is 1. The van der Waals surface area contributed by atoms with Gasteiger partial charge in [0.1, 0.15) is 23.5 Å². The molecule has 0 spiro atoms. The number of primary amides is 1. The number of carbonyl (C=O) groups is 3. The fraction of sp³-hybridized carbons (Fsp3) is 0.391. The second-order valence-corrected chi connectivity index (χ2v) is 8.42. The zero-order valence-electron chi connectivity index (χ0n) is 19.2. The first kappa shape index (κ1) is 23.8. The second kappa shape index (κ2) is 10.2. The number of nitrogens with one attached hydrogen (secondary N) is 3. The second-order valence-electron chi connectivity index (χ2n) is 8.42. The number of H-pyrrole nitrogens is 1. The Kier molecular flexibility index (Phi) is 7.37. The normalized spacial score (nSPS) is 13.0. The van der Waals surface area contributed by atoms with Crippen LogP contribution in [0.4, 0.5) is 0 Å². The topological polar surface area (TPSA) is 144 Å². The number of benzene rings is 1. The Morgan fingerprint density at radius 3 is 2.58 bits per heavy atom. The van der Waals surface area contributed by atoms with Gasteiger partial charge in [-0.3, -0.25) is 14.4 Å². The lowest BCUT2D eigenvalue weighted by Crippen LogP contribution is -2.54. The quantitative estimate of drug-likeness (QED) is 0.365. The molecule has 0 fully saturated rings. The van der Waals surface area contributed by atoms with Crippen LogP contribution in [0.25, 0.3) is 10.9 Å². The van der Waals surface area contributed by atoms with E-state index < -0.39 is 29.8 Å². The Labute approximate surface area is 191 Å². The Balaban J connectivity index is 1.76. The van der Waals surface area contributed by atoms with Crippen LogP contribution in [0.15, 0.2) is 36.8 Å². The monoisotopic (exact) mass is 454 g/mol. The molecule has 0 aliphatic carbocycles. The molecule has 1 aromatic carbocycles. The van der Waals surface area contributed by atoms with E-state index >= 15 is 0 Å². The molecule has 0 bridgehead atoms. The van der Waals surface area contributed by atoms with E-state index in [9.17, 15) is 14.4 Å². The van der Waals surface area contributed by atoms with E-state index in [2.05, 4.69) is 20.6 Å². The Bertz CT molecular complexity index is 1150. The largest absolute Gasteiger partial charge is 0.496 e. The summed E-state index contributed by atoms with van der Waals surface area (Å²) in [6.45, 7) is 3.89. The molecular formula is C23H30N6O4. The zero-order chi connectivity index (χ0) is 24.1. The first-order chi connectivity index (χ1) is 15.7. The molecule has 3 aromatic rings. The van der Waals surface area contributed by atoms with E-state index in [4.69, 9.17) is 10.5 Å². The summed E-state index contributed by atoms with van der Waals surface area (Å²) in [5, 5.41) is 6.24. The van der Waals surface area contributed by atoms with Crippen molar-refractivity contribution < 1.29 is 19.1 Å². The molecule has 0 unspecified atom stereocenters. The first-order valence-corrected chi connectivity index (χ1v) is 10.7. The summed E-state index contributed by atoms with van der Waals surface area (Å²) < 4.78 is 7.09. The number of nitrogens with zero attached hydrogens (tertiary/aromatic N) is 2. The van der Waals surface area contributed by atoms with Crippen LogP contribution >= 0.6 is 0 Å². The summed E-state index contributed by atoms with van der Waals surface area (Å²) in [4.78, 5) is 45.1. The average Bonchev–Trinajstić information content (AvgIpc) is 3.38. The molecule has 0 saturated carbocycles. The molecule has 2 aromatic heterocycles. The summed E-state index contributed by atoms with van der Waals surface area (Å²) >= 11 is 0. The minimum Gasteiger partial charge on any atom is -0.496 e. The average molecular weight is 455 g/mol. The van der Waals surface area contributed by atoms with E-state index in [1.165, 1.54) is 0 Å². The predicted molar refractivity (Wildman–Crippen MR) is 124 cm³/mol. The number of aromatic nitrogens is 3. The number of aryl methyl sites for hydroxylation is 1. The number of methoxy groups -OCH3 is 1. The smallest absolute Gasteiger partial charge is 0.268 e. The molecule has 10 heteroatoms. The van der Waals surface area contributed by atoms with Crippen molar-refractivity contribution in [2.45, 2.75) is 38.8 Å². The lowest BCUT2D eigenvalue weighted by molar-refractivity contribution is -0.128. The summed E-state index contributed by atoms with van der Waals surface area (Å²) in [7, 11) is 3.35. The number of hydrogen-bond donors (Lipinski definition) is 4. The number of imidazole rings is 1. The number of rotatable bonds is 10. The van der Waals surface area contributed by atoms with Gasteiger partial charge in [0.15, 0.2) is 0 Å². The van der Waals surface area contributed by atoms with Gasteiger partial charge < -0.3 is 30.7 Å². The van der Waals surface area contributed by atoms with Crippen LogP contribution in [0.1, 0.15) is 36.5 Å². The molecule has 0 saturated heterocycles. The van der Waals surface area contributed by atoms with Gasteiger partial charge in [-0.05, 0) is 30.5 Å². The standard InChI is InChI=1S/C23H30N6O4/c1-13(2)8-18(22(31)27-17(21(24)30)9-14-11-25-12-29(14)3)28-23(32)19-10-15-16(26-19)6-5-7-20(15)33-4/h5-7,10-13,17-18,26H,8-9H2,1-4H3,(H2,24,30)(H,27,31)(H,28,32)/t17-,18-/m0/s1. The van der Waals surface area contributed by atoms with Gasteiger partial charge in [-0.2, -0.15) is 0 Å². The van der Waals surface area contributed by atoms with Crippen molar-refractivity contribution >= 4 is 28.6 Å². The van der Waals surface area contributed by atoms with Crippen molar-refractivity contribution in [3.05, 3.63) is 48.2 Å². The number of nitrogens with two attached hydrogens (primary N) is 1. The van der Waals surface area contributed by atoms with Crippen molar-refractivity contribution in [3.63, 3.8) is 0 Å². The Hall–Kier alpha value is -3.82. The van der Waals surface area contributed by atoms with E-state index in [0.717, 1.165) is 16.6 Å². The Morgan fingerprint density at radius 1 is 1.21 bits per heavy atom. The fourth-order valence-electron chi connectivity index (χ4n) is 3.65. The van der Waals surface area contributed by atoms with Crippen LogP contribution in [-0.2, 0) is 23.1 Å². The SMILES string of the molecule is COc1cccc2[nH]c(C(=O)N[C@@H](CC(C)C)C(=O)N[C@@H](Cc3cncn3C)C(N)=O)cc12. The van der Waals surface area contributed by atoms with Crippen molar-refractivity contribution in [1.82, 2.24) is 25.2 Å². The maximum atomic E-state index is 13.1. The van der Waals surface area contributed by atoms with Gasteiger partial charge >= 0.3 is 0 Å². The number of hydrogen-bond acceptors (Lipinski definition) is 5. The molecule has 2 atom stereocenters. The summed E-state index contributed by atoms with van der Waals surface area (Å²) in [5.74, 6) is -0.818. The molecule has 3 rings (SSSR count). The van der Waals surface area contributed by atoms with Gasteiger partial charge in [0.2, 0.25) is 11.8 Å². The van der Waals surface area contributed by atoms with Gasteiger partial charge in [0.05, 0.1) is 13.4 Å². The lowest BCUT2D eigenvalue weighted by atomic mass is 10.0. The third-order valence-corrected chi connectivity index (χ3v) is 5.41. The molecule has 0 aliphatic heterocycles. The maximum absolute atomic E-state index is 13.1. The number of carbonyl (C=O) groups excluding carboxylic acids is 3. The van der Waals surface area contributed by atoms with E-state index in [0.29, 0.717) is 17.9 Å². The van der Waals surface area contributed by atoms with Crippen LogP contribution in [0.2, 0.25) is 0 Å². The third-order valence-electron chi connectivity index (χ3n) is 5.41. The summed E-state index contributed by atoms with van der Waals surface area (Å²) in [6, 6.07) is 5.36. The van der Waals surface area contributed by atoms with Crippen molar-refractivity contribution in [2.75, 3.05) is 7.11 Å². The highest BCUT2D eigenvalue weighted by Gasteiger charge is 2.28. The summed E-state index contributed by atoms with van der Waals surface area (Å²) in [5.41, 5.74) is 7.32. The molecule has 10 nitrogen and oxygen atoms in total. The van der Waals surface area contributed by atoms with Crippen LogP contribution in [0, 0.1) is 5.92 Å². The van der Waals surface area contributed by atoms with E-state index in [1.807, 2.05) is 26.0 Å². The van der Waals surface area contributed by atoms with Gasteiger partial charge in [-0.1, -0.05) is 19.9 Å². The van der Waals surface area contributed by atoms with Crippen molar-refractivity contribution in [3.8, 4) is 5.75 Å². The van der Waals surface area contributed by atoms with Gasteiger partial charge in [-0.25, -0.2) is 4.98 Å². The molecule has 0 radical (unpaired) electrons. The van der Waals surface area contributed by atoms with Crippen LogP contribution in [-0.4, -0.2) is 51.5 Å². The van der Waals surface area contributed by atoms with Crippen LogP contribution in [0.5, 0.6) is 5.75 Å². The summed E-state index contributed by atoms with van der Waals surface area (Å²) in [6.07, 6.45) is 3.80. The molecule has 2 heterocycles. The zero-order valence-corrected chi connectivity index (χ0v) is 19.2. The Morgan fingerprint density at radius 2 is 1.97 bits per heavy atom. The molecular weight excluding hydrogens is 424 g/mol. The molecule has 33 heavy (non-hydrogen) atoms. The predicted octanol–water partition coefficient (Wildman–Crippen LogP) is 1.27.